The number of aryl methyl sites for hydroxylation is 2. The van der Waals surface area contributed by atoms with Gasteiger partial charge in [0.05, 0.1) is 6.54 Å². The van der Waals surface area contributed by atoms with Crippen molar-refractivity contribution in [3.63, 3.8) is 0 Å². The first-order valence-corrected chi connectivity index (χ1v) is 8.57. The maximum atomic E-state index is 12.4. The zero-order valence-electron chi connectivity index (χ0n) is 14.7. The van der Waals surface area contributed by atoms with Crippen LogP contribution >= 0.6 is 0 Å². The van der Waals surface area contributed by atoms with Crippen LogP contribution in [0.3, 0.4) is 0 Å². The highest BCUT2D eigenvalue weighted by molar-refractivity contribution is 5.83. The molecule has 1 aromatic heterocycles. The summed E-state index contributed by atoms with van der Waals surface area (Å²) in [5.41, 5.74) is -0.0594. The van der Waals surface area contributed by atoms with Gasteiger partial charge in [-0.25, -0.2) is 9.48 Å². The number of carbonyl (C=O) groups is 2. The lowest BCUT2D eigenvalue weighted by molar-refractivity contribution is -0.125. The lowest BCUT2D eigenvalue weighted by Gasteiger charge is -2.16. The maximum Gasteiger partial charge on any atom is 0.345 e. The van der Waals surface area contributed by atoms with E-state index in [1.807, 2.05) is 0 Å². The van der Waals surface area contributed by atoms with Crippen molar-refractivity contribution in [1.82, 2.24) is 25.0 Å². The second kappa shape index (κ2) is 8.12. The molecule has 2 rings (SSSR count). The third-order valence-corrected chi connectivity index (χ3v) is 4.20. The van der Waals surface area contributed by atoms with Crippen molar-refractivity contribution in [2.24, 2.45) is 5.92 Å². The summed E-state index contributed by atoms with van der Waals surface area (Å²) in [4.78, 5) is 35.0. The molecule has 2 amide bonds. The van der Waals surface area contributed by atoms with E-state index in [1.54, 1.807) is 9.25 Å². The molecule has 0 aliphatic carbocycles. The molecule has 0 bridgehead atoms. The van der Waals surface area contributed by atoms with Crippen LogP contribution in [-0.2, 0) is 29.1 Å². The molecule has 0 fully saturated rings. The van der Waals surface area contributed by atoms with Gasteiger partial charge >= 0.3 is 5.69 Å². The molecule has 24 heavy (non-hydrogen) atoms. The van der Waals surface area contributed by atoms with E-state index in [4.69, 9.17) is 0 Å². The maximum absolute atomic E-state index is 12.4. The van der Waals surface area contributed by atoms with E-state index < -0.39 is 0 Å². The molecule has 0 aromatic carbocycles. The van der Waals surface area contributed by atoms with E-state index in [1.165, 1.54) is 6.92 Å². The number of nitrogens with one attached hydrogen (secondary N) is 2. The van der Waals surface area contributed by atoms with Crippen molar-refractivity contribution >= 4 is 11.8 Å². The largest absolute Gasteiger partial charge is 0.352 e. The van der Waals surface area contributed by atoms with E-state index in [9.17, 15) is 14.4 Å². The summed E-state index contributed by atoms with van der Waals surface area (Å²) in [5, 5.41) is 9.84. The van der Waals surface area contributed by atoms with Gasteiger partial charge in [-0.3, -0.25) is 14.2 Å². The van der Waals surface area contributed by atoms with Crippen molar-refractivity contribution in [2.45, 2.75) is 65.6 Å². The first-order chi connectivity index (χ1) is 11.4. The average molecular weight is 337 g/mol. The van der Waals surface area contributed by atoms with E-state index in [0.29, 0.717) is 31.8 Å². The highest BCUT2D eigenvalue weighted by Crippen LogP contribution is 2.12. The molecule has 2 N–H and O–H groups in total. The molecule has 1 atom stereocenters. The van der Waals surface area contributed by atoms with Crippen LogP contribution in [0.4, 0.5) is 0 Å². The molecule has 1 unspecified atom stereocenters. The Morgan fingerprint density at radius 2 is 2.08 bits per heavy atom. The minimum atomic E-state index is -0.229. The monoisotopic (exact) mass is 337 g/mol. The molecule has 1 aliphatic rings. The van der Waals surface area contributed by atoms with E-state index >= 15 is 0 Å². The van der Waals surface area contributed by atoms with Crippen LogP contribution in [0.25, 0.3) is 0 Å². The molecule has 0 spiro atoms. The SMILES string of the molecule is CC(=O)NCC(=O)NC1CCc2nn(CCC(C)C)c(=O)n2CC1. The Kier molecular flexibility index (Phi) is 6.16. The summed E-state index contributed by atoms with van der Waals surface area (Å²) in [6.45, 7) is 6.82. The quantitative estimate of drug-likeness (QED) is 0.766. The van der Waals surface area contributed by atoms with Gasteiger partial charge in [0, 0.05) is 32.5 Å². The standard InChI is InChI=1S/C16H27N5O3/c1-11(2)6-9-21-16(24)20-8-7-13(4-5-14(20)19-21)18-15(23)10-17-12(3)22/h11,13H,4-10H2,1-3H3,(H,17,22)(H,18,23). The highest BCUT2D eigenvalue weighted by Gasteiger charge is 2.22. The zero-order valence-corrected chi connectivity index (χ0v) is 14.7. The number of hydrogen-bond donors (Lipinski definition) is 2. The number of aromatic nitrogens is 3. The minimum absolute atomic E-state index is 0.00327. The van der Waals surface area contributed by atoms with Crippen molar-refractivity contribution in [2.75, 3.05) is 6.54 Å². The van der Waals surface area contributed by atoms with Gasteiger partial charge in [0.25, 0.3) is 0 Å². The number of nitrogens with zero attached hydrogens (tertiary/aromatic N) is 3. The minimum Gasteiger partial charge on any atom is -0.352 e. The Balaban J connectivity index is 1.92. The molecule has 8 nitrogen and oxygen atoms in total. The molecule has 2 heterocycles. The number of carbonyl (C=O) groups excluding carboxylic acids is 2. The smallest absolute Gasteiger partial charge is 0.345 e. The second-order valence-corrected chi connectivity index (χ2v) is 6.76. The molecule has 1 aromatic rings. The van der Waals surface area contributed by atoms with Crippen LogP contribution in [0.5, 0.6) is 0 Å². The number of amides is 2. The molecule has 0 radical (unpaired) electrons. The summed E-state index contributed by atoms with van der Waals surface area (Å²) in [6.07, 6.45) is 3.02. The topological polar surface area (TPSA) is 98.0 Å². The van der Waals surface area contributed by atoms with Gasteiger partial charge in [0.15, 0.2) is 0 Å². The fourth-order valence-electron chi connectivity index (χ4n) is 2.78. The van der Waals surface area contributed by atoms with Crippen molar-refractivity contribution in [3.05, 3.63) is 16.3 Å². The van der Waals surface area contributed by atoms with Gasteiger partial charge in [-0.1, -0.05) is 13.8 Å². The molecule has 0 saturated carbocycles. The molecular weight excluding hydrogens is 310 g/mol. The zero-order chi connectivity index (χ0) is 17.7. The van der Waals surface area contributed by atoms with Crippen LogP contribution in [0.15, 0.2) is 4.79 Å². The van der Waals surface area contributed by atoms with Crippen molar-refractivity contribution in [3.8, 4) is 0 Å². The molecule has 8 heteroatoms. The first-order valence-electron chi connectivity index (χ1n) is 8.57. The Labute approximate surface area is 141 Å². The van der Waals surface area contributed by atoms with Gasteiger partial charge in [-0.2, -0.15) is 5.10 Å². The third kappa shape index (κ3) is 4.94. The molecule has 1 aliphatic heterocycles. The molecule has 134 valence electrons. The van der Waals surface area contributed by atoms with E-state index in [2.05, 4.69) is 29.6 Å². The lowest BCUT2D eigenvalue weighted by atomic mass is 10.1. The summed E-state index contributed by atoms with van der Waals surface area (Å²) < 4.78 is 3.28. The van der Waals surface area contributed by atoms with Crippen LogP contribution in [0, 0.1) is 5.92 Å². The van der Waals surface area contributed by atoms with E-state index in [0.717, 1.165) is 18.7 Å². The highest BCUT2D eigenvalue weighted by atomic mass is 16.2. The van der Waals surface area contributed by atoms with Crippen LogP contribution in [0.2, 0.25) is 0 Å². The van der Waals surface area contributed by atoms with E-state index in [-0.39, 0.29) is 30.1 Å². The Morgan fingerprint density at radius 3 is 2.75 bits per heavy atom. The molecular formula is C16H27N5O3. The number of hydrogen-bond acceptors (Lipinski definition) is 4. The van der Waals surface area contributed by atoms with Crippen LogP contribution < -0.4 is 16.3 Å². The average Bonchev–Trinajstić information content (AvgIpc) is 2.67. The van der Waals surface area contributed by atoms with Crippen molar-refractivity contribution in [1.29, 1.82) is 0 Å². The van der Waals surface area contributed by atoms with Gasteiger partial charge in [0.1, 0.15) is 5.82 Å². The fourth-order valence-corrected chi connectivity index (χ4v) is 2.78. The summed E-state index contributed by atoms with van der Waals surface area (Å²) in [5.74, 6) is 0.890. The van der Waals surface area contributed by atoms with Crippen molar-refractivity contribution < 1.29 is 9.59 Å². The van der Waals surface area contributed by atoms with Crippen LogP contribution in [0.1, 0.15) is 45.9 Å². The van der Waals surface area contributed by atoms with Gasteiger partial charge in [-0.15, -0.1) is 0 Å². The first kappa shape index (κ1) is 18.2. The Bertz CT molecular complexity index is 647. The predicted octanol–water partition coefficient (Wildman–Crippen LogP) is 0.0481. The Morgan fingerprint density at radius 1 is 1.33 bits per heavy atom. The molecule has 0 saturated heterocycles. The van der Waals surface area contributed by atoms with Gasteiger partial charge in [-0.05, 0) is 25.2 Å². The third-order valence-electron chi connectivity index (χ3n) is 4.20. The van der Waals surface area contributed by atoms with Gasteiger partial charge in [0.2, 0.25) is 11.8 Å². The van der Waals surface area contributed by atoms with Gasteiger partial charge < -0.3 is 10.6 Å². The summed E-state index contributed by atoms with van der Waals surface area (Å²) in [7, 11) is 0. The summed E-state index contributed by atoms with van der Waals surface area (Å²) in [6, 6.07) is -0.00327. The second-order valence-electron chi connectivity index (χ2n) is 6.76. The lowest BCUT2D eigenvalue weighted by Crippen LogP contribution is -2.41. The van der Waals surface area contributed by atoms with Crippen LogP contribution in [-0.4, -0.2) is 38.7 Å². The number of fused-ring (bicyclic) bond motifs is 1. The normalized spacial score (nSPS) is 17.2. The Hall–Kier alpha value is -2.12. The summed E-state index contributed by atoms with van der Waals surface area (Å²) >= 11 is 0. The fraction of sp³-hybridized carbons (Fsp3) is 0.750. The number of rotatable bonds is 6. The predicted molar refractivity (Wildman–Crippen MR) is 89.5 cm³/mol.